The number of benzene rings is 1. The van der Waals surface area contributed by atoms with Gasteiger partial charge >= 0.3 is 0 Å². The molecule has 1 aromatic rings. The van der Waals surface area contributed by atoms with Gasteiger partial charge in [-0.05, 0) is 48.3 Å². The van der Waals surface area contributed by atoms with Crippen LogP contribution in [-0.2, 0) is 0 Å². The fraction of sp³-hybridized carbons (Fsp3) is 0.647. The lowest BCUT2D eigenvalue weighted by atomic mass is 9.87. The molecule has 1 aliphatic carbocycles. The third kappa shape index (κ3) is 2.77. The largest absolute Gasteiger partial charge is 0.314 e. The molecule has 1 aromatic carbocycles. The van der Waals surface area contributed by atoms with Crippen molar-refractivity contribution in [2.24, 2.45) is 5.92 Å². The lowest BCUT2D eigenvalue weighted by Crippen LogP contribution is -2.32. The monoisotopic (exact) mass is 245 g/mol. The number of hydrogen-bond donors (Lipinski definition) is 1. The summed E-state index contributed by atoms with van der Waals surface area (Å²) in [7, 11) is 0. The first kappa shape index (κ1) is 13.6. The first-order valence-electron chi connectivity index (χ1n) is 7.46. The Bertz CT molecular complexity index is 366. The van der Waals surface area contributed by atoms with Crippen molar-refractivity contribution in [1.29, 1.82) is 0 Å². The summed E-state index contributed by atoms with van der Waals surface area (Å²) in [4.78, 5) is 0. The van der Waals surface area contributed by atoms with Gasteiger partial charge in [-0.2, -0.15) is 0 Å². The van der Waals surface area contributed by atoms with E-state index in [2.05, 4.69) is 57.3 Å². The molecule has 3 unspecified atom stereocenters. The summed E-state index contributed by atoms with van der Waals surface area (Å²) in [5, 5.41) is 3.62. The number of hydrogen-bond acceptors (Lipinski definition) is 1. The lowest BCUT2D eigenvalue weighted by Gasteiger charge is -2.22. The second-order valence-electron chi connectivity index (χ2n) is 6.03. The fourth-order valence-corrected chi connectivity index (χ4v) is 3.31. The maximum absolute atomic E-state index is 3.62. The minimum Gasteiger partial charge on any atom is -0.314 e. The van der Waals surface area contributed by atoms with E-state index in [0.717, 1.165) is 18.4 Å². The summed E-state index contributed by atoms with van der Waals surface area (Å²) in [5.41, 5.74) is 2.99. The van der Waals surface area contributed by atoms with Gasteiger partial charge in [0.05, 0.1) is 0 Å². The first-order valence-corrected chi connectivity index (χ1v) is 7.46. The minimum atomic E-state index is 0.634. The van der Waals surface area contributed by atoms with Crippen LogP contribution in [0.25, 0.3) is 0 Å². The molecular formula is C17H27N. The molecule has 0 amide bonds. The Morgan fingerprint density at radius 1 is 1.17 bits per heavy atom. The van der Waals surface area contributed by atoms with Crippen molar-refractivity contribution in [2.75, 3.05) is 6.54 Å². The van der Waals surface area contributed by atoms with Gasteiger partial charge in [0.15, 0.2) is 0 Å². The average molecular weight is 245 g/mol. The number of rotatable bonds is 4. The zero-order valence-electron chi connectivity index (χ0n) is 12.2. The van der Waals surface area contributed by atoms with Gasteiger partial charge in [-0.15, -0.1) is 0 Å². The third-order valence-corrected chi connectivity index (χ3v) is 4.56. The van der Waals surface area contributed by atoms with Gasteiger partial charge in [0.2, 0.25) is 0 Å². The Balaban J connectivity index is 2.08. The van der Waals surface area contributed by atoms with Crippen LogP contribution in [-0.4, -0.2) is 12.6 Å². The van der Waals surface area contributed by atoms with E-state index < -0.39 is 0 Å². The van der Waals surface area contributed by atoms with Crippen LogP contribution in [0.2, 0.25) is 0 Å². The normalized spacial score (nSPS) is 27.9. The van der Waals surface area contributed by atoms with E-state index in [9.17, 15) is 0 Å². The lowest BCUT2D eigenvalue weighted by molar-refractivity contribution is 0.412. The van der Waals surface area contributed by atoms with Crippen molar-refractivity contribution in [1.82, 2.24) is 5.32 Å². The van der Waals surface area contributed by atoms with Crippen molar-refractivity contribution in [3.05, 3.63) is 35.4 Å². The summed E-state index contributed by atoms with van der Waals surface area (Å²) in [6.07, 6.45) is 2.66. The molecule has 100 valence electrons. The van der Waals surface area contributed by atoms with Gasteiger partial charge in [-0.25, -0.2) is 0 Å². The van der Waals surface area contributed by atoms with E-state index in [0.29, 0.717) is 12.0 Å². The van der Waals surface area contributed by atoms with Crippen LogP contribution in [0.1, 0.15) is 63.5 Å². The van der Waals surface area contributed by atoms with Crippen LogP contribution in [0.15, 0.2) is 24.3 Å². The minimum absolute atomic E-state index is 0.634. The molecule has 3 atom stereocenters. The quantitative estimate of drug-likeness (QED) is 0.834. The van der Waals surface area contributed by atoms with E-state index in [1.807, 2.05) is 0 Å². The highest BCUT2D eigenvalue weighted by Gasteiger charge is 2.32. The van der Waals surface area contributed by atoms with E-state index in [4.69, 9.17) is 0 Å². The Morgan fingerprint density at radius 3 is 2.39 bits per heavy atom. The van der Waals surface area contributed by atoms with E-state index >= 15 is 0 Å². The zero-order valence-corrected chi connectivity index (χ0v) is 12.2. The van der Waals surface area contributed by atoms with Crippen LogP contribution >= 0.6 is 0 Å². The Morgan fingerprint density at radius 2 is 1.83 bits per heavy atom. The topological polar surface area (TPSA) is 12.0 Å². The van der Waals surface area contributed by atoms with Crippen molar-refractivity contribution in [3.8, 4) is 0 Å². The van der Waals surface area contributed by atoms with Crippen molar-refractivity contribution in [2.45, 2.75) is 58.4 Å². The molecule has 1 saturated carbocycles. The van der Waals surface area contributed by atoms with Gasteiger partial charge in [0.25, 0.3) is 0 Å². The molecule has 0 spiro atoms. The van der Waals surface area contributed by atoms with E-state index in [-0.39, 0.29) is 0 Å². The molecule has 18 heavy (non-hydrogen) atoms. The summed E-state index contributed by atoms with van der Waals surface area (Å²) < 4.78 is 0. The van der Waals surface area contributed by atoms with Crippen LogP contribution in [0, 0.1) is 5.92 Å². The molecule has 0 saturated heterocycles. The Hall–Kier alpha value is -0.820. The fourth-order valence-electron chi connectivity index (χ4n) is 3.31. The molecule has 1 nitrogen and oxygen atoms in total. The average Bonchev–Trinajstić information content (AvgIpc) is 2.72. The highest BCUT2D eigenvalue weighted by molar-refractivity contribution is 5.28. The molecule has 1 heteroatoms. The van der Waals surface area contributed by atoms with Gasteiger partial charge in [-0.3, -0.25) is 0 Å². The van der Waals surface area contributed by atoms with E-state index in [1.165, 1.54) is 24.0 Å². The third-order valence-electron chi connectivity index (χ3n) is 4.56. The molecule has 0 aliphatic heterocycles. The van der Waals surface area contributed by atoms with Gasteiger partial charge in [0, 0.05) is 6.04 Å². The highest BCUT2D eigenvalue weighted by Crippen LogP contribution is 2.39. The Kier molecular flexibility index (Phi) is 4.45. The zero-order chi connectivity index (χ0) is 13.1. The van der Waals surface area contributed by atoms with Crippen LogP contribution in [0.3, 0.4) is 0 Å². The molecule has 1 aliphatic rings. The predicted molar refractivity (Wildman–Crippen MR) is 79.1 cm³/mol. The summed E-state index contributed by atoms with van der Waals surface area (Å²) >= 11 is 0. The standard InChI is InChI=1S/C17H27N/c1-5-18-17-11-10-16(13(17)4)15-8-6-14(7-9-15)12(2)3/h6-9,12-13,16-18H,5,10-11H2,1-4H3. The molecular weight excluding hydrogens is 218 g/mol. The number of nitrogens with one attached hydrogen (secondary N) is 1. The summed E-state index contributed by atoms with van der Waals surface area (Å²) in [6, 6.07) is 10.0. The van der Waals surface area contributed by atoms with Crippen LogP contribution in [0.5, 0.6) is 0 Å². The molecule has 2 rings (SSSR count). The first-order chi connectivity index (χ1) is 8.63. The Labute approximate surface area is 112 Å². The SMILES string of the molecule is CCNC1CCC(c2ccc(C(C)C)cc2)C1C. The molecule has 0 radical (unpaired) electrons. The second-order valence-corrected chi connectivity index (χ2v) is 6.03. The smallest absolute Gasteiger partial charge is 0.00986 e. The molecule has 1 N–H and O–H groups in total. The van der Waals surface area contributed by atoms with Gasteiger partial charge in [-0.1, -0.05) is 52.0 Å². The maximum atomic E-state index is 3.62. The van der Waals surface area contributed by atoms with Crippen molar-refractivity contribution >= 4 is 0 Å². The van der Waals surface area contributed by atoms with Crippen molar-refractivity contribution in [3.63, 3.8) is 0 Å². The second kappa shape index (κ2) is 5.88. The summed E-state index contributed by atoms with van der Waals surface area (Å²) in [5.74, 6) is 2.14. The highest BCUT2D eigenvalue weighted by atomic mass is 14.9. The molecule has 1 fully saturated rings. The molecule has 0 heterocycles. The van der Waals surface area contributed by atoms with Gasteiger partial charge < -0.3 is 5.32 Å². The molecule has 0 aromatic heterocycles. The van der Waals surface area contributed by atoms with Crippen LogP contribution < -0.4 is 5.32 Å². The predicted octanol–water partition coefficient (Wildman–Crippen LogP) is 4.30. The van der Waals surface area contributed by atoms with Gasteiger partial charge in [0.1, 0.15) is 0 Å². The molecule has 0 bridgehead atoms. The van der Waals surface area contributed by atoms with Crippen molar-refractivity contribution < 1.29 is 0 Å². The van der Waals surface area contributed by atoms with Crippen LogP contribution in [0.4, 0.5) is 0 Å². The summed E-state index contributed by atoms with van der Waals surface area (Å²) in [6.45, 7) is 10.2. The van der Waals surface area contributed by atoms with E-state index in [1.54, 1.807) is 0 Å². The maximum Gasteiger partial charge on any atom is 0.00986 e.